The molecule has 134 valence electrons. The molecule has 2 aromatic rings. The maximum atomic E-state index is 6.15. The molecule has 4 heteroatoms. The van der Waals surface area contributed by atoms with Crippen molar-refractivity contribution in [2.24, 2.45) is 5.73 Å². The number of aryl methyl sites for hydroxylation is 2. The summed E-state index contributed by atoms with van der Waals surface area (Å²) in [5, 5.41) is 1.16. The van der Waals surface area contributed by atoms with E-state index in [-0.39, 0.29) is 24.0 Å². The number of nitrogen functional groups attached to an aromatic ring is 1. The van der Waals surface area contributed by atoms with Crippen molar-refractivity contribution in [3.05, 3.63) is 36.0 Å². The van der Waals surface area contributed by atoms with Gasteiger partial charge >= 0.3 is 0 Å². The van der Waals surface area contributed by atoms with Gasteiger partial charge in [0.05, 0.1) is 11.1 Å². The molecule has 0 aliphatic carbocycles. The number of para-hydroxylation sites is 1. The second-order valence-corrected chi connectivity index (χ2v) is 6.53. The maximum Gasteiger partial charge on any atom is 0.214 e. The zero-order chi connectivity index (χ0) is 16.5. The molecule has 0 saturated carbocycles. The zero-order valence-electron chi connectivity index (χ0n) is 14.9. The average molecular weight is 441 g/mol. The van der Waals surface area contributed by atoms with E-state index in [1.54, 1.807) is 0 Å². The summed E-state index contributed by atoms with van der Waals surface area (Å²) in [5.41, 5.74) is 15.1. The lowest BCUT2D eigenvalue weighted by molar-refractivity contribution is -0.677. The molecule has 24 heavy (non-hydrogen) atoms. The van der Waals surface area contributed by atoms with E-state index in [1.807, 2.05) is 0 Å². The van der Waals surface area contributed by atoms with Crippen molar-refractivity contribution in [1.29, 1.82) is 0 Å². The highest BCUT2D eigenvalue weighted by molar-refractivity contribution is 5.87. The summed E-state index contributed by atoms with van der Waals surface area (Å²) in [7, 11) is 0. The Morgan fingerprint density at radius 1 is 0.875 bits per heavy atom. The Morgan fingerprint density at radius 3 is 2.12 bits per heavy atom. The first kappa shape index (κ1) is 21.2. The molecule has 0 amide bonds. The highest BCUT2D eigenvalue weighted by Crippen LogP contribution is 2.19. The Labute approximate surface area is 163 Å². The third-order valence-electron chi connectivity index (χ3n) is 4.63. The van der Waals surface area contributed by atoms with Crippen molar-refractivity contribution in [3.8, 4) is 0 Å². The summed E-state index contributed by atoms with van der Waals surface area (Å²) < 4.78 is 2.41. The summed E-state index contributed by atoms with van der Waals surface area (Å²) in [6, 6.07) is 10.5. The number of halogens is 1. The second-order valence-electron chi connectivity index (χ2n) is 6.53. The van der Waals surface area contributed by atoms with Crippen LogP contribution in [-0.4, -0.2) is 6.54 Å². The fourth-order valence-corrected chi connectivity index (χ4v) is 3.30. The van der Waals surface area contributed by atoms with Gasteiger partial charge in [-0.05, 0) is 25.5 Å². The normalized spacial score (nSPS) is 10.8. The number of hydrogen-bond donors (Lipinski definition) is 2. The lowest BCUT2D eigenvalue weighted by Gasteiger charge is -2.07. The molecule has 0 bridgehead atoms. The van der Waals surface area contributed by atoms with Crippen molar-refractivity contribution in [2.75, 3.05) is 12.3 Å². The van der Waals surface area contributed by atoms with Crippen LogP contribution in [0.3, 0.4) is 0 Å². The van der Waals surface area contributed by atoms with Gasteiger partial charge in [-0.3, -0.25) is 0 Å². The number of aromatic nitrogens is 1. The Morgan fingerprint density at radius 2 is 1.46 bits per heavy atom. The van der Waals surface area contributed by atoms with E-state index in [0.717, 1.165) is 24.2 Å². The van der Waals surface area contributed by atoms with Crippen molar-refractivity contribution in [2.45, 2.75) is 64.8 Å². The molecule has 4 N–H and O–H groups in total. The van der Waals surface area contributed by atoms with Crippen LogP contribution in [0.4, 0.5) is 5.69 Å². The Bertz CT molecular complexity index is 613. The molecular formula is C20H32IN3. The van der Waals surface area contributed by atoms with E-state index in [4.69, 9.17) is 11.5 Å². The SMILES string of the molecule is Cc1cc(N)c2ccccc2[n+]1CCCCCCCCCCN.[I-]. The van der Waals surface area contributed by atoms with Gasteiger partial charge in [-0.1, -0.05) is 44.2 Å². The minimum atomic E-state index is 0. The van der Waals surface area contributed by atoms with Gasteiger partial charge in [-0.15, -0.1) is 0 Å². The highest BCUT2D eigenvalue weighted by atomic mass is 127. The molecule has 3 nitrogen and oxygen atoms in total. The summed E-state index contributed by atoms with van der Waals surface area (Å²) in [6.07, 6.45) is 10.4. The van der Waals surface area contributed by atoms with Crippen LogP contribution in [0.1, 0.15) is 57.1 Å². The van der Waals surface area contributed by atoms with Gasteiger partial charge in [0, 0.05) is 25.5 Å². The molecule has 2 rings (SSSR count). The number of hydrogen-bond acceptors (Lipinski definition) is 2. The second kappa shape index (κ2) is 11.6. The standard InChI is InChI=1S/C20H31N3.HI/c1-17-16-19(22)18-12-8-9-13-20(18)23(17)15-11-7-5-3-2-4-6-10-14-21;/h8-9,12-13,16,22H,2-7,10-11,14-15,21H2,1H3;1H. The van der Waals surface area contributed by atoms with Gasteiger partial charge in [-0.25, -0.2) is 0 Å². The van der Waals surface area contributed by atoms with Crippen LogP contribution in [-0.2, 0) is 6.54 Å². The molecule has 0 spiro atoms. The van der Waals surface area contributed by atoms with Crippen molar-refractivity contribution in [3.63, 3.8) is 0 Å². The molecular weight excluding hydrogens is 409 g/mol. The van der Waals surface area contributed by atoms with E-state index in [0.29, 0.717) is 0 Å². The minimum absolute atomic E-state index is 0. The Hall–Kier alpha value is -0.880. The van der Waals surface area contributed by atoms with Crippen LogP contribution >= 0.6 is 0 Å². The van der Waals surface area contributed by atoms with Gasteiger partial charge in [0.2, 0.25) is 5.52 Å². The van der Waals surface area contributed by atoms with Crippen molar-refractivity contribution >= 4 is 16.6 Å². The lowest BCUT2D eigenvalue weighted by Crippen LogP contribution is -3.00. The molecule has 0 aliphatic heterocycles. The summed E-state index contributed by atoms with van der Waals surface area (Å²) in [4.78, 5) is 0. The average Bonchev–Trinajstić information content (AvgIpc) is 2.56. The first-order chi connectivity index (χ1) is 11.2. The number of fused-ring (bicyclic) bond motifs is 1. The Kier molecular flexibility index (Phi) is 10.3. The number of pyridine rings is 1. The summed E-state index contributed by atoms with van der Waals surface area (Å²) >= 11 is 0. The van der Waals surface area contributed by atoms with Crippen LogP contribution in [0.25, 0.3) is 10.9 Å². The predicted octanol–water partition coefficient (Wildman–Crippen LogP) is 1.10. The number of anilines is 1. The number of benzene rings is 1. The van der Waals surface area contributed by atoms with Crippen LogP contribution in [0.15, 0.2) is 30.3 Å². The molecule has 1 aromatic heterocycles. The fraction of sp³-hybridized carbons (Fsp3) is 0.550. The van der Waals surface area contributed by atoms with Gasteiger partial charge in [0.25, 0.3) is 0 Å². The first-order valence-electron chi connectivity index (χ1n) is 9.12. The summed E-state index contributed by atoms with van der Waals surface area (Å²) in [6.45, 7) is 4.08. The molecule has 0 aliphatic rings. The minimum Gasteiger partial charge on any atom is -1.00 e. The van der Waals surface area contributed by atoms with Crippen LogP contribution in [0.2, 0.25) is 0 Å². The molecule has 1 aromatic carbocycles. The predicted molar refractivity (Wildman–Crippen MR) is 99.3 cm³/mol. The van der Waals surface area contributed by atoms with Crippen LogP contribution in [0, 0.1) is 6.92 Å². The monoisotopic (exact) mass is 441 g/mol. The van der Waals surface area contributed by atoms with Gasteiger partial charge in [0.1, 0.15) is 6.54 Å². The quantitative estimate of drug-likeness (QED) is 0.330. The molecule has 0 unspecified atom stereocenters. The molecule has 1 heterocycles. The Balaban J connectivity index is 0.00000288. The van der Waals surface area contributed by atoms with E-state index in [1.165, 1.54) is 62.6 Å². The smallest absolute Gasteiger partial charge is 0.214 e. The fourth-order valence-electron chi connectivity index (χ4n) is 3.30. The number of nitrogens with two attached hydrogens (primary N) is 2. The van der Waals surface area contributed by atoms with Gasteiger partial charge in [0.15, 0.2) is 5.69 Å². The van der Waals surface area contributed by atoms with E-state index < -0.39 is 0 Å². The van der Waals surface area contributed by atoms with Gasteiger partial charge < -0.3 is 35.4 Å². The molecule has 0 atom stereocenters. The van der Waals surface area contributed by atoms with Crippen LogP contribution in [0.5, 0.6) is 0 Å². The third kappa shape index (κ3) is 6.20. The number of rotatable bonds is 10. The lowest BCUT2D eigenvalue weighted by atomic mass is 10.1. The maximum absolute atomic E-state index is 6.15. The molecule has 0 saturated heterocycles. The topological polar surface area (TPSA) is 55.9 Å². The molecule has 0 radical (unpaired) electrons. The largest absolute Gasteiger partial charge is 1.00 e. The third-order valence-corrected chi connectivity index (χ3v) is 4.63. The summed E-state index contributed by atoms with van der Waals surface area (Å²) in [5.74, 6) is 0. The van der Waals surface area contributed by atoms with Gasteiger partial charge in [-0.2, -0.15) is 4.57 Å². The number of nitrogens with zero attached hydrogens (tertiary/aromatic N) is 1. The number of unbranched alkanes of at least 4 members (excludes halogenated alkanes) is 7. The van der Waals surface area contributed by atoms with E-state index in [9.17, 15) is 0 Å². The van der Waals surface area contributed by atoms with Crippen LogP contribution < -0.4 is 40.0 Å². The van der Waals surface area contributed by atoms with Crippen molar-refractivity contribution < 1.29 is 28.5 Å². The van der Waals surface area contributed by atoms with Crippen molar-refractivity contribution in [1.82, 2.24) is 0 Å². The highest BCUT2D eigenvalue weighted by Gasteiger charge is 2.14. The zero-order valence-corrected chi connectivity index (χ0v) is 17.1. The van der Waals surface area contributed by atoms with E-state index >= 15 is 0 Å². The van der Waals surface area contributed by atoms with E-state index in [2.05, 4.69) is 41.8 Å². The first-order valence-corrected chi connectivity index (χ1v) is 9.12. The molecule has 0 fully saturated rings.